The van der Waals surface area contributed by atoms with Crippen molar-refractivity contribution in [2.45, 2.75) is 0 Å². The highest BCUT2D eigenvalue weighted by molar-refractivity contribution is 7.17. The molecule has 0 bridgehead atoms. The standard InChI is InChI=1S/C7H4NS/c1-2-7-6(8-4-1)3-5-9-7/h1-3,5H. The minimum atomic E-state index is 1.04. The molecule has 0 fully saturated rings. The minimum absolute atomic E-state index is 1.04. The Morgan fingerprint density at radius 3 is 3.33 bits per heavy atom. The van der Waals surface area contributed by atoms with E-state index in [1.165, 1.54) is 4.70 Å². The largest absolute Gasteiger partial charge is 0.245 e. The molecule has 2 aromatic rings. The molecule has 0 amide bonds. The zero-order valence-electron chi connectivity index (χ0n) is 4.66. The first-order valence-electron chi connectivity index (χ1n) is 2.67. The first kappa shape index (κ1) is 4.94. The molecule has 0 aliphatic rings. The number of aromatic nitrogens is 1. The lowest BCUT2D eigenvalue weighted by atomic mass is 10.4. The summed E-state index contributed by atoms with van der Waals surface area (Å²) in [4.78, 5) is 4.03. The normalized spacial score (nSPS) is 10.2. The van der Waals surface area contributed by atoms with Gasteiger partial charge in [-0.05, 0) is 23.6 Å². The summed E-state index contributed by atoms with van der Waals surface area (Å²) in [5.41, 5.74) is 1.04. The lowest BCUT2D eigenvalue weighted by molar-refractivity contribution is 1.41. The van der Waals surface area contributed by atoms with Crippen molar-refractivity contribution in [2.24, 2.45) is 0 Å². The summed E-state index contributed by atoms with van der Waals surface area (Å²) in [7, 11) is 0. The fraction of sp³-hybridized carbons (Fsp3) is 0. The Morgan fingerprint density at radius 2 is 2.44 bits per heavy atom. The molecule has 0 spiro atoms. The molecule has 0 unspecified atom stereocenters. The Labute approximate surface area is 57.0 Å². The van der Waals surface area contributed by atoms with Crippen LogP contribution >= 0.6 is 11.3 Å². The monoisotopic (exact) mass is 134 g/mol. The van der Waals surface area contributed by atoms with Crippen molar-refractivity contribution in [3.05, 3.63) is 29.8 Å². The molecule has 0 aliphatic heterocycles. The van der Waals surface area contributed by atoms with Crippen molar-refractivity contribution in [1.82, 2.24) is 4.98 Å². The summed E-state index contributed by atoms with van der Waals surface area (Å²) < 4.78 is 1.23. The van der Waals surface area contributed by atoms with E-state index in [1.54, 1.807) is 11.3 Å². The van der Waals surface area contributed by atoms with Crippen molar-refractivity contribution >= 4 is 21.6 Å². The smallest absolute Gasteiger partial charge is 0.0894 e. The van der Waals surface area contributed by atoms with E-state index in [-0.39, 0.29) is 0 Å². The summed E-state index contributed by atoms with van der Waals surface area (Å²) in [6.07, 6.45) is 2.78. The van der Waals surface area contributed by atoms with Gasteiger partial charge in [0.25, 0.3) is 0 Å². The van der Waals surface area contributed by atoms with Crippen LogP contribution in [0.5, 0.6) is 0 Å². The molecule has 0 aromatic carbocycles. The van der Waals surface area contributed by atoms with Gasteiger partial charge in [0.15, 0.2) is 0 Å². The van der Waals surface area contributed by atoms with Crippen LogP contribution in [-0.2, 0) is 0 Å². The van der Waals surface area contributed by atoms with Crippen LogP contribution < -0.4 is 0 Å². The van der Waals surface area contributed by atoms with Crippen LogP contribution in [0, 0.1) is 6.20 Å². The number of thiophene rings is 1. The average molecular weight is 134 g/mol. The lowest BCUT2D eigenvalue weighted by Crippen LogP contribution is -1.66. The van der Waals surface area contributed by atoms with Crippen LogP contribution in [0.1, 0.15) is 0 Å². The zero-order valence-corrected chi connectivity index (χ0v) is 5.48. The maximum Gasteiger partial charge on any atom is 0.0894 e. The molecule has 1 radical (unpaired) electrons. The predicted molar refractivity (Wildman–Crippen MR) is 38.5 cm³/mol. The molecule has 2 aromatic heterocycles. The van der Waals surface area contributed by atoms with E-state index in [0.29, 0.717) is 0 Å². The number of fused-ring (bicyclic) bond motifs is 1. The summed E-state index contributed by atoms with van der Waals surface area (Å²) >= 11 is 1.70. The third kappa shape index (κ3) is 0.715. The molecule has 0 aliphatic carbocycles. The third-order valence-corrected chi connectivity index (χ3v) is 2.04. The maximum absolute atomic E-state index is 4.03. The molecule has 0 saturated carbocycles. The topological polar surface area (TPSA) is 12.9 Å². The van der Waals surface area contributed by atoms with Crippen molar-refractivity contribution < 1.29 is 0 Å². The van der Waals surface area contributed by atoms with Crippen LogP contribution in [0.3, 0.4) is 0 Å². The van der Waals surface area contributed by atoms with Gasteiger partial charge in [0, 0.05) is 0 Å². The summed E-state index contributed by atoms with van der Waals surface area (Å²) in [6.45, 7) is 0. The van der Waals surface area contributed by atoms with Crippen molar-refractivity contribution in [2.75, 3.05) is 0 Å². The van der Waals surface area contributed by atoms with Gasteiger partial charge < -0.3 is 0 Å². The number of nitrogens with zero attached hydrogens (tertiary/aromatic N) is 1. The molecular weight excluding hydrogens is 130 g/mol. The second-order valence-electron chi connectivity index (χ2n) is 1.74. The van der Waals surface area contributed by atoms with Gasteiger partial charge >= 0.3 is 0 Å². The second-order valence-corrected chi connectivity index (χ2v) is 2.69. The SMILES string of the molecule is [c]1ccc2sccc2n1. The molecule has 2 rings (SSSR count). The number of hydrogen-bond donors (Lipinski definition) is 0. The predicted octanol–water partition coefficient (Wildman–Crippen LogP) is 2.10. The summed E-state index contributed by atoms with van der Waals surface area (Å²) in [6, 6.07) is 5.85. The Balaban J connectivity index is 2.95. The summed E-state index contributed by atoms with van der Waals surface area (Å²) in [5, 5.41) is 2.03. The molecule has 0 atom stereocenters. The Hall–Kier alpha value is -0.890. The average Bonchev–Trinajstić information content (AvgIpc) is 2.33. The van der Waals surface area contributed by atoms with Crippen LogP contribution in [0.25, 0.3) is 10.2 Å². The molecule has 9 heavy (non-hydrogen) atoms. The van der Waals surface area contributed by atoms with Gasteiger partial charge in [0.1, 0.15) is 0 Å². The van der Waals surface area contributed by atoms with Gasteiger partial charge in [0.05, 0.1) is 16.4 Å². The van der Waals surface area contributed by atoms with Gasteiger partial charge in [-0.25, -0.2) is 4.98 Å². The van der Waals surface area contributed by atoms with Crippen LogP contribution in [0.2, 0.25) is 0 Å². The van der Waals surface area contributed by atoms with E-state index in [0.717, 1.165) is 5.52 Å². The van der Waals surface area contributed by atoms with Crippen LogP contribution in [-0.4, -0.2) is 4.98 Å². The fourth-order valence-electron chi connectivity index (χ4n) is 0.751. The highest BCUT2D eigenvalue weighted by atomic mass is 32.1. The number of rotatable bonds is 0. The van der Waals surface area contributed by atoms with E-state index in [1.807, 2.05) is 23.6 Å². The molecule has 0 N–H and O–H groups in total. The lowest BCUT2D eigenvalue weighted by Gasteiger charge is -1.80. The van der Waals surface area contributed by atoms with E-state index in [2.05, 4.69) is 11.2 Å². The van der Waals surface area contributed by atoms with Crippen LogP contribution in [0.15, 0.2) is 23.6 Å². The Bertz CT molecular complexity index is 283. The first-order valence-corrected chi connectivity index (χ1v) is 3.55. The van der Waals surface area contributed by atoms with E-state index >= 15 is 0 Å². The molecule has 43 valence electrons. The molecular formula is C7H4NS. The van der Waals surface area contributed by atoms with Crippen molar-refractivity contribution in [3.63, 3.8) is 0 Å². The van der Waals surface area contributed by atoms with Gasteiger partial charge in [-0.2, -0.15) is 0 Å². The number of pyridine rings is 1. The highest BCUT2D eigenvalue weighted by Gasteiger charge is 1.89. The van der Waals surface area contributed by atoms with Crippen molar-refractivity contribution in [3.8, 4) is 0 Å². The van der Waals surface area contributed by atoms with Crippen molar-refractivity contribution in [1.29, 1.82) is 0 Å². The van der Waals surface area contributed by atoms with E-state index < -0.39 is 0 Å². The van der Waals surface area contributed by atoms with Gasteiger partial charge in [-0.15, -0.1) is 11.3 Å². The molecule has 0 saturated heterocycles. The van der Waals surface area contributed by atoms with Gasteiger partial charge in [0.2, 0.25) is 0 Å². The van der Waals surface area contributed by atoms with E-state index in [4.69, 9.17) is 0 Å². The fourth-order valence-corrected chi connectivity index (χ4v) is 1.48. The minimum Gasteiger partial charge on any atom is -0.245 e. The summed E-state index contributed by atoms with van der Waals surface area (Å²) in [5.74, 6) is 0. The quantitative estimate of drug-likeness (QED) is 0.537. The maximum atomic E-state index is 4.03. The molecule has 2 heteroatoms. The van der Waals surface area contributed by atoms with Crippen LogP contribution in [0.4, 0.5) is 0 Å². The number of hydrogen-bond acceptors (Lipinski definition) is 2. The zero-order chi connectivity index (χ0) is 6.10. The van der Waals surface area contributed by atoms with Gasteiger partial charge in [-0.1, -0.05) is 0 Å². The van der Waals surface area contributed by atoms with Gasteiger partial charge in [-0.3, -0.25) is 0 Å². The van der Waals surface area contributed by atoms with E-state index in [9.17, 15) is 0 Å². The second kappa shape index (κ2) is 1.81. The molecule has 2 heterocycles. The highest BCUT2D eigenvalue weighted by Crippen LogP contribution is 2.16. The Kier molecular flexibility index (Phi) is 0.993. The molecule has 1 nitrogen and oxygen atoms in total. The Morgan fingerprint density at radius 1 is 1.44 bits per heavy atom. The third-order valence-electron chi connectivity index (χ3n) is 1.17. The first-order chi connectivity index (χ1) is 4.47.